The highest BCUT2D eigenvalue weighted by atomic mass is 32.2. The molecule has 6 heteroatoms. The van der Waals surface area contributed by atoms with Gasteiger partial charge >= 0.3 is 10.1 Å². The zero-order valence-electron chi connectivity index (χ0n) is 22.8. The molecule has 0 bridgehead atoms. The van der Waals surface area contributed by atoms with Crippen LogP contribution in [0.5, 0.6) is 11.5 Å². The summed E-state index contributed by atoms with van der Waals surface area (Å²) in [6.07, 6.45) is 4.64. The Balaban J connectivity index is 1.53. The Hall–Kier alpha value is -3.77. The van der Waals surface area contributed by atoms with E-state index in [1.54, 1.807) is 30.3 Å². The minimum atomic E-state index is -4.03. The van der Waals surface area contributed by atoms with Crippen molar-refractivity contribution in [1.82, 2.24) is 0 Å². The van der Waals surface area contributed by atoms with Crippen LogP contribution in [0.15, 0.2) is 95.9 Å². The molecule has 0 radical (unpaired) electrons. The molecule has 202 valence electrons. The van der Waals surface area contributed by atoms with Crippen molar-refractivity contribution in [3.8, 4) is 11.5 Å². The summed E-state index contributed by atoms with van der Waals surface area (Å²) in [5.41, 5.74) is 5.92. The van der Waals surface area contributed by atoms with Crippen molar-refractivity contribution >= 4 is 21.5 Å². The van der Waals surface area contributed by atoms with E-state index in [9.17, 15) is 8.42 Å². The average Bonchev–Trinajstić information content (AvgIpc) is 2.94. The highest BCUT2D eigenvalue weighted by molar-refractivity contribution is 7.87. The van der Waals surface area contributed by atoms with E-state index in [0.29, 0.717) is 12.4 Å². The van der Waals surface area contributed by atoms with E-state index >= 15 is 0 Å². The smallest absolute Gasteiger partial charge is 0.339 e. The number of unbranched alkanes of at least 4 members (excludes halogenated alkanes) is 3. The molecular weight excluding hydrogens is 506 g/mol. The molecule has 0 aromatic heterocycles. The number of nitrogens with zero attached hydrogens (tertiary/aromatic N) is 1. The van der Waals surface area contributed by atoms with Crippen molar-refractivity contribution in [2.24, 2.45) is 0 Å². The molecule has 0 saturated carbocycles. The Labute approximate surface area is 232 Å². The topological polar surface area (TPSA) is 55.8 Å². The van der Waals surface area contributed by atoms with Crippen LogP contribution in [0.4, 0.5) is 11.4 Å². The first kappa shape index (κ1) is 26.8. The van der Waals surface area contributed by atoms with Gasteiger partial charge in [-0.2, -0.15) is 8.42 Å². The first-order chi connectivity index (χ1) is 18.9. The van der Waals surface area contributed by atoms with Crippen molar-refractivity contribution in [2.45, 2.75) is 50.3 Å². The molecule has 0 aliphatic carbocycles. The third-order valence-corrected chi connectivity index (χ3v) is 8.54. The molecule has 0 spiro atoms. The number of ether oxygens (including phenoxy) is 1. The van der Waals surface area contributed by atoms with E-state index in [4.69, 9.17) is 8.92 Å². The van der Waals surface area contributed by atoms with Gasteiger partial charge in [0.15, 0.2) is 0 Å². The standard InChI is InChI=1S/C33H35NO4S/c1-4-5-6-9-23-37-26-19-17-25(18-20-26)32-28-11-7-8-12-29(28)34(3)30-13-10-14-31(33(30)32)38-39(35,36)27-21-15-24(2)16-22-27/h7-8,10-22,32H,4-6,9,23H2,1-3H3. The first-order valence-corrected chi connectivity index (χ1v) is 15.0. The first-order valence-electron chi connectivity index (χ1n) is 13.6. The molecule has 0 fully saturated rings. The average molecular weight is 542 g/mol. The zero-order valence-corrected chi connectivity index (χ0v) is 23.6. The predicted octanol–water partition coefficient (Wildman–Crippen LogP) is 7.98. The van der Waals surface area contributed by atoms with Crippen LogP contribution in [0.1, 0.15) is 60.8 Å². The van der Waals surface area contributed by atoms with Gasteiger partial charge in [-0.1, -0.05) is 80.3 Å². The SMILES string of the molecule is CCCCCCOc1ccc(C2c3ccccc3N(C)c3cccc(OS(=O)(=O)c4ccc(C)cc4)c32)cc1. The fourth-order valence-electron chi connectivity index (χ4n) is 5.20. The fraction of sp³-hybridized carbons (Fsp3) is 0.273. The second kappa shape index (κ2) is 11.5. The quantitative estimate of drug-likeness (QED) is 0.150. The monoisotopic (exact) mass is 541 g/mol. The maximum absolute atomic E-state index is 13.3. The summed E-state index contributed by atoms with van der Waals surface area (Å²) in [6, 6.07) is 28.7. The Morgan fingerprint density at radius 1 is 0.795 bits per heavy atom. The third-order valence-electron chi connectivity index (χ3n) is 7.29. The fourth-order valence-corrected chi connectivity index (χ4v) is 6.15. The van der Waals surface area contributed by atoms with Crippen LogP contribution in [0.25, 0.3) is 0 Å². The highest BCUT2D eigenvalue weighted by Crippen LogP contribution is 2.51. The molecule has 1 unspecified atom stereocenters. The minimum absolute atomic E-state index is 0.132. The molecule has 1 aliphatic heterocycles. The summed E-state index contributed by atoms with van der Waals surface area (Å²) in [4.78, 5) is 2.23. The molecule has 1 atom stereocenters. The van der Waals surface area contributed by atoms with Gasteiger partial charge in [-0.15, -0.1) is 0 Å². The van der Waals surface area contributed by atoms with E-state index in [0.717, 1.165) is 45.8 Å². The Morgan fingerprint density at radius 3 is 2.26 bits per heavy atom. The molecule has 1 heterocycles. The summed E-state index contributed by atoms with van der Waals surface area (Å²) < 4.78 is 38.5. The number of benzene rings is 4. The number of anilines is 2. The lowest BCUT2D eigenvalue weighted by atomic mass is 9.80. The van der Waals surface area contributed by atoms with Crippen LogP contribution in [0, 0.1) is 6.92 Å². The van der Waals surface area contributed by atoms with Crippen LogP contribution in [-0.2, 0) is 10.1 Å². The van der Waals surface area contributed by atoms with Crippen molar-refractivity contribution < 1.29 is 17.3 Å². The number of hydrogen-bond donors (Lipinski definition) is 0. The highest BCUT2D eigenvalue weighted by Gasteiger charge is 2.34. The molecule has 1 aliphatic rings. The molecule has 39 heavy (non-hydrogen) atoms. The number of rotatable bonds is 10. The Morgan fingerprint density at radius 2 is 1.51 bits per heavy atom. The zero-order chi connectivity index (χ0) is 27.4. The van der Waals surface area contributed by atoms with Gasteiger partial charge in [0.1, 0.15) is 16.4 Å². The predicted molar refractivity (Wildman–Crippen MR) is 157 cm³/mol. The number of fused-ring (bicyclic) bond motifs is 2. The van der Waals surface area contributed by atoms with Gasteiger partial charge in [-0.25, -0.2) is 0 Å². The molecular formula is C33H35NO4S. The van der Waals surface area contributed by atoms with E-state index in [2.05, 4.69) is 36.1 Å². The lowest BCUT2D eigenvalue weighted by Crippen LogP contribution is -2.23. The second-order valence-electron chi connectivity index (χ2n) is 10.1. The third kappa shape index (κ3) is 5.66. The van der Waals surface area contributed by atoms with E-state index in [1.165, 1.54) is 19.3 Å². The van der Waals surface area contributed by atoms with Crippen LogP contribution in [-0.4, -0.2) is 22.1 Å². The van der Waals surface area contributed by atoms with Crippen molar-refractivity contribution in [3.05, 3.63) is 113 Å². The lowest BCUT2D eigenvalue weighted by Gasteiger charge is -2.36. The summed E-state index contributed by atoms with van der Waals surface area (Å²) in [5.74, 6) is 0.953. The van der Waals surface area contributed by atoms with Gasteiger partial charge in [-0.3, -0.25) is 0 Å². The molecule has 0 saturated heterocycles. The van der Waals surface area contributed by atoms with Gasteiger partial charge in [-0.05, 0) is 66.9 Å². The maximum Gasteiger partial charge on any atom is 0.339 e. The Bertz CT molecular complexity index is 1530. The molecule has 5 rings (SSSR count). The van der Waals surface area contributed by atoms with Crippen LogP contribution < -0.4 is 13.8 Å². The normalized spacial score (nSPS) is 14.4. The van der Waals surface area contributed by atoms with E-state index < -0.39 is 10.1 Å². The van der Waals surface area contributed by atoms with Crippen molar-refractivity contribution in [2.75, 3.05) is 18.6 Å². The molecule has 4 aromatic carbocycles. The summed E-state index contributed by atoms with van der Waals surface area (Å²) in [6.45, 7) is 4.83. The largest absolute Gasteiger partial charge is 0.494 e. The van der Waals surface area contributed by atoms with Crippen molar-refractivity contribution in [3.63, 3.8) is 0 Å². The van der Waals surface area contributed by atoms with Gasteiger partial charge in [0, 0.05) is 29.9 Å². The van der Waals surface area contributed by atoms with Gasteiger partial charge in [0.25, 0.3) is 0 Å². The van der Waals surface area contributed by atoms with Gasteiger partial charge in [0.05, 0.1) is 6.61 Å². The lowest BCUT2D eigenvalue weighted by molar-refractivity contribution is 0.305. The maximum atomic E-state index is 13.3. The van der Waals surface area contributed by atoms with Crippen LogP contribution >= 0.6 is 0 Å². The van der Waals surface area contributed by atoms with Crippen LogP contribution in [0.3, 0.4) is 0 Å². The molecule has 0 amide bonds. The van der Waals surface area contributed by atoms with Crippen LogP contribution in [0.2, 0.25) is 0 Å². The minimum Gasteiger partial charge on any atom is -0.494 e. The molecule has 5 nitrogen and oxygen atoms in total. The van der Waals surface area contributed by atoms with Crippen molar-refractivity contribution in [1.29, 1.82) is 0 Å². The number of hydrogen-bond acceptors (Lipinski definition) is 5. The molecule has 0 N–H and O–H groups in total. The van der Waals surface area contributed by atoms with E-state index in [-0.39, 0.29) is 10.8 Å². The summed E-state index contributed by atoms with van der Waals surface area (Å²) in [5, 5.41) is 0. The van der Waals surface area contributed by atoms with E-state index in [1.807, 2.05) is 50.4 Å². The number of aryl methyl sites for hydroxylation is 1. The summed E-state index contributed by atoms with van der Waals surface area (Å²) in [7, 11) is -2.02. The second-order valence-corrected chi connectivity index (χ2v) is 11.6. The van der Waals surface area contributed by atoms with Gasteiger partial charge in [0.2, 0.25) is 0 Å². The van der Waals surface area contributed by atoms with Gasteiger partial charge < -0.3 is 13.8 Å². The molecule has 4 aromatic rings. The summed E-state index contributed by atoms with van der Waals surface area (Å²) >= 11 is 0. The Kier molecular flexibility index (Phi) is 7.94. The number of para-hydroxylation sites is 1.